The molecule has 0 fully saturated rings. The van der Waals surface area contributed by atoms with Gasteiger partial charge in [-0.05, 0) is 44.9 Å². The zero-order valence-corrected chi connectivity index (χ0v) is 22.1. The van der Waals surface area contributed by atoms with Gasteiger partial charge in [-0.15, -0.1) is 0 Å². The molecule has 1 aliphatic heterocycles. The zero-order valence-electron chi connectivity index (χ0n) is 21.3. The molecule has 0 spiro atoms. The van der Waals surface area contributed by atoms with Gasteiger partial charge >= 0.3 is 0 Å². The van der Waals surface area contributed by atoms with E-state index in [9.17, 15) is 18.0 Å². The van der Waals surface area contributed by atoms with Crippen LogP contribution in [0.25, 0.3) is 0 Å². The second-order valence-electron chi connectivity index (χ2n) is 8.56. The van der Waals surface area contributed by atoms with Gasteiger partial charge in [-0.3, -0.25) is 13.9 Å². The van der Waals surface area contributed by atoms with E-state index in [1.807, 2.05) is 45.0 Å². The van der Waals surface area contributed by atoms with Crippen LogP contribution >= 0.6 is 0 Å². The van der Waals surface area contributed by atoms with E-state index < -0.39 is 28.5 Å². The highest BCUT2D eigenvalue weighted by Gasteiger charge is 2.32. The first-order valence-corrected chi connectivity index (χ1v) is 13.8. The van der Waals surface area contributed by atoms with Crippen LogP contribution in [-0.4, -0.2) is 63.2 Å². The SMILES string of the molecule is CCNC(=O)[C@H](CC)N(Cc1cccc(C)c1)C(=O)CN(c1ccc2c(c1)OCCO2)S(=O)(=O)CC. The number of amides is 2. The maximum absolute atomic E-state index is 13.8. The number of carbonyl (C=O) groups is 2. The molecule has 0 bridgehead atoms. The van der Waals surface area contributed by atoms with Crippen LogP contribution in [0.4, 0.5) is 5.69 Å². The molecule has 1 aliphatic rings. The summed E-state index contributed by atoms with van der Waals surface area (Å²) < 4.78 is 38.5. The first-order chi connectivity index (χ1) is 17.2. The minimum Gasteiger partial charge on any atom is -0.486 e. The van der Waals surface area contributed by atoms with Crippen LogP contribution in [0.2, 0.25) is 0 Å². The Morgan fingerprint density at radius 3 is 2.39 bits per heavy atom. The Morgan fingerprint density at radius 2 is 1.75 bits per heavy atom. The Bertz CT molecular complexity index is 1180. The standard InChI is InChI=1S/C26H35N3O6S/c1-5-22(26(31)27-6-2)28(17-20-10-8-9-19(4)15-20)25(30)18-29(36(32,33)7-3)21-11-12-23-24(16-21)35-14-13-34-23/h8-12,15-16,22H,5-7,13-14,17-18H2,1-4H3,(H,27,31)/t22-/m0/s1. The van der Waals surface area contributed by atoms with Crippen LogP contribution in [0.15, 0.2) is 42.5 Å². The summed E-state index contributed by atoms with van der Waals surface area (Å²) in [5, 5.41) is 2.79. The third kappa shape index (κ3) is 6.48. The number of rotatable bonds is 11. The Morgan fingerprint density at radius 1 is 1.03 bits per heavy atom. The molecule has 0 saturated carbocycles. The molecule has 2 amide bonds. The van der Waals surface area contributed by atoms with Crippen LogP contribution < -0.4 is 19.1 Å². The lowest BCUT2D eigenvalue weighted by atomic mass is 10.1. The largest absolute Gasteiger partial charge is 0.486 e. The van der Waals surface area contributed by atoms with Crippen molar-refractivity contribution in [3.8, 4) is 11.5 Å². The quantitative estimate of drug-likeness (QED) is 0.492. The van der Waals surface area contributed by atoms with Gasteiger partial charge in [0, 0.05) is 19.2 Å². The summed E-state index contributed by atoms with van der Waals surface area (Å²) in [6.07, 6.45) is 0.383. The maximum Gasteiger partial charge on any atom is 0.244 e. The summed E-state index contributed by atoms with van der Waals surface area (Å²) >= 11 is 0. The van der Waals surface area contributed by atoms with Gasteiger partial charge in [0.05, 0.1) is 11.4 Å². The van der Waals surface area contributed by atoms with Gasteiger partial charge in [-0.1, -0.05) is 36.8 Å². The van der Waals surface area contributed by atoms with Crippen molar-refractivity contribution in [1.29, 1.82) is 0 Å². The molecule has 36 heavy (non-hydrogen) atoms. The number of nitrogens with zero attached hydrogens (tertiary/aromatic N) is 2. The number of benzene rings is 2. The highest BCUT2D eigenvalue weighted by molar-refractivity contribution is 7.92. The van der Waals surface area contributed by atoms with E-state index in [-0.39, 0.29) is 18.2 Å². The summed E-state index contributed by atoms with van der Waals surface area (Å²) in [5.41, 5.74) is 2.18. The number of carbonyl (C=O) groups excluding carboxylic acids is 2. The number of ether oxygens (including phenoxy) is 2. The van der Waals surface area contributed by atoms with E-state index >= 15 is 0 Å². The van der Waals surface area contributed by atoms with E-state index in [2.05, 4.69) is 5.32 Å². The van der Waals surface area contributed by atoms with Gasteiger partial charge in [0.1, 0.15) is 25.8 Å². The first kappa shape index (κ1) is 27.3. The molecular weight excluding hydrogens is 482 g/mol. The van der Waals surface area contributed by atoms with E-state index in [0.717, 1.165) is 15.4 Å². The van der Waals surface area contributed by atoms with Crippen LogP contribution in [-0.2, 0) is 26.2 Å². The monoisotopic (exact) mass is 517 g/mol. The molecule has 3 rings (SSSR count). The molecule has 9 nitrogen and oxygen atoms in total. The molecule has 0 aromatic heterocycles. The maximum atomic E-state index is 13.8. The van der Waals surface area contributed by atoms with Gasteiger partial charge in [-0.2, -0.15) is 0 Å². The Labute approximate surface area is 213 Å². The smallest absolute Gasteiger partial charge is 0.244 e. The number of aryl methyl sites for hydroxylation is 1. The Hall–Kier alpha value is -3.27. The normalized spacial score (nSPS) is 13.6. The van der Waals surface area contributed by atoms with Crippen LogP contribution in [0.5, 0.6) is 11.5 Å². The van der Waals surface area contributed by atoms with Crippen molar-refractivity contribution in [1.82, 2.24) is 10.2 Å². The van der Waals surface area contributed by atoms with E-state index in [0.29, 0.717) is 43.4 Å². The number of hydrogen-bond acceptors (Lipinski definition) is 6. The van der Waals surface area contributed by atoms with Crippen molar-refractivity contribution in [2.45, 2.75) is 46.7 Å². The second-order valence-corrected chi connectivity index (χ2v) is 10.7. The number of hydrogen-bond donors (Lipinski definition) is 1. The van der Waals surface area contributed by atoms with Crippen molar-refractivity contribution < 1.29 is 27.5 Å². The Balaban J connectivity index is 1.98. The summed E-state index contributed by atoms with van der Waals surface area (Å²) in [4.78, 5) is 28.1. The first-order valence-electron chi connectivity index (χ1n) is 12.2. The van der Waals surface area contributed by atoms with Crippen LogP contribution in [0, 0.1) is 6.92 Å². The number of fused-ring (bicyclic) bond motifs is 1. The van der Waals surface area contributed by atoms with Gasteiger partial charge in [0.15, 0.2) is 11.5 Å². The van der Waals surface area contributed by atoms with Crippen molar-refractivity contribution in [3.63, 3.8) is 0 Å². The molecule has 2 aromatic carbocycles. The summed E-state index contributed by atoms with van der Waals surface area (Å²) in [6, 6.07) is 11.7. The van der Waals surface area contributed by atoms with E-state index in [4.69, 9.17) is 9.47 Å². The lowest BCUT2D eigenvalue weighted by Gasteiger charge is -2.33. The van der Waals surface area contributed by atoms with Gasteiger partial charge in [0.25, 0.3) is 0 Å². The molecule has 0 saturated heterocycles. The molecule has 0 unspecified atom stereocenters. The molecule has 0 radical (unpaired) electrons. The molecule has 1 heterocycles. The third-order valence-electron chi connectivity index (χ3n) is 5.97. The summed E-state index contributed by atoms with van der Waals surface area (Å²) in [7, 11) is -3.82. The fourth-order valence-electron chi connectivity index (χ4n) is 4.13. The average molecular weight is 518 g/mol. The Kier molecular flexibility index (Phi) is 9.19. The lowest BCUT2D eigenvalue weighted by molar-refractivity contribution is -0.140. The number of sulfonamides is 1. The minimum absolute atomic E-state index is 0.178. The predicted molar refractivity (Wildman–Crippen MR) is 139 cm³/mol. The second kappa shape index (κ2) is 12.1. The molecular formula is C26H35N3O6S. The molecule has 0 aliphatic carbocycles. The summed E-state index contributed by atoms with van der Waals surface area (Å²) in [6.45, 7) is 8.04. The van der Waals surface area contributed by atoms with E-state index in [1.165, 1.54) is 11.8 Å². The average Bonchev–Trinajstić information content (AvgIpc) is 2.86. The minimum atomic E-state index is -3.82. The van der Waals surface area contributed by atoms with Gasteiger partial charge < -0.3 is 19.7 Å². The number of likely N-dealkylation sites (N-methyl/N-ethyl adjacent to an activating group) is 1. The predicted octanol–water partition coefficient (Wildman–Crippen LogP) is 2.87. The van der Waals surface area contributed by atoms with Crippen molar-refractivity contribution in [2.75, 3.05) is 36.4 Å². The van der Waals surface area contributed by atoms with Crippen LogP contribution in [0.1, 0.15) is 38.3 Å². The molecule has 2 aromatic rings. The highest BCUT2D eigenvalue weighted by atomic mass is 32.2. The molecule has 10 heteroatoms. The fraction of sp³-hybridized carbons (Fsp3) is 0.462. The number of anilines is 1. The molecule has 1 N–H and O–H groups in total. The number of nitrogens with one attached hydrogen (secondary N) is 1. The highest BCUT2D eigenvalue weighted by Crippen LogP contribution is 2.35. The molecule has 1 atom stereocenters. The summed E-state index contributed by atoms with van der Waals surface area (Å²) in [5.74, 6) is 0.00769. The van der Waals surface area contributed by atoms with Crippen molar-refractivity contribution >= 4 is 27.5 Å². The van der Waals surface area contributed by atoms with Gasteiger partial charge in [0.2, 0.25) is 21.8 Å². The third-order valence-corrected chi connectivity index (χ3v) is 7.71. The van der Waals surface area contributed by atoms with E-state index in [1.54, 1.807) is 18.2 Å². The van der Waals surface area contributed by atoms with Crippen LogP contribution in [0.3, 0.4) is 0 Å². The van der Waals surface area contributed by atoms with Crippen molar-refractivity contribution in [3.05, 3.63) is 53.6 Å². The topological polar surface area (TPSA) is 105 Å². The lowest BCUT2D eigenvalue weighted by Crippen LogP contribution is -2.52. The fourth-order valence-corrected chi connectivity index (χ4v) is 5.18. The van der Waals surface area contributed by atoms with Gasteiger partial charge in [-0.25, -0.2) is 8.42 Å². The molecule has 196 valence electrons. The van der Waals surface area contributed by atoms with Crippen molar-refractivity contribution in [2.24, 2.45) is 0 Å². The zero-order chi connectivity index (χ0) is 26.3.